The SMILES string of the molecule is O=C(CS(=O)CC1CCCO1)c1cc(F)ccc1F. The summed E-state index contributed by atoms with van der Waals surface area (Å²) in [7, 11) is -1.42. The Balaban J connectivity index is 1.96. The van der Waals surface area contributed by atoms with Gasteiger partial charge in [0.1, 0.15) is 11.6 Å². The lowest BCUT2D eigenvalue weighted by Crippen LogP contribution is -2.21. The van der Waals surface area contributed by atoms with Gasteiger partial charge in [0.25, 0.3) is 0 Å². The molecule has 1 heterocycles. The van der Waals surface area contributed by atoms with Crippen molar-refractivity contribution >= 4 is 16.6 Å². The first-order valence-corrected chi connectivity index (χ1v) is 7.50. The van der Waals surface area contributed by atoms with Crippen LogP contribution in [0.25, 0.3) is 0 Å². The van der Waals surface area contributed by atoms with Gasteiger partial charge in [-0.05, 0) is 31.0 Å². The predicted molar refractivity (Wildman–Crippen MR) is 67.5 cm³/mol. The first-order valence-electron chi connectivity index (χ1n) is 6.01. The summed E-state index contributed by atoms with van der Waals surface area (Å²) in [4.78, 5) is 11.8. The van der Waals surface area contributed by atoms with Gasteiger partial charge in [-0.1, -0.05) is 0 Å². The van der Waals surface area contributed by atoms with Crippen molar-refractivity contribution in [3.8, 4) is 0 Å². The van der Waals surface area contributed by atoms with E-state index in [-0.39, 0.29) is 23.2 Å². The van der Waals surface area contributed by atoms with E-state index in [1.807, 2.05) is 0 Å². The molecule has 0 aliphatic carbocycles. The molecule has 104 valence electrons. The summed E-state index contributed by atoms with van der Waals surface area (Å²) < 4.78 is 43.4. The van der Waals surface area contributed by atoms with Crippen LogP contribution < -0.4 is 0 Å². The second kappa shape index (κ2) is 6.34. The van der Waals surface area contributed by atoms with Crippen LogP contribution in [-0.4, -0.2) is 34.2 Å². The molecular weight excluding hydrogens is 274 g/mol. The minimum absolute atomic E-state index is 0.0917. The normalized spacial score (nSPS) is 20.4. The van der Waals surface area contributed by atoms with Gasteiger partial charge in [-0.2, -0.15) is 0 Å². The fourth-order valence-corrected chi connectivity index (χ4v) is 3.22. The van der Waals surface area contributed by atoms with Crippen LogP contribution in [0, 0.1) is 11.6 Å². The van der Waals surface area contributed by atoms with E-state index in [1.54, 1.807) is 0 Å². The lowest BCUT2D eigenvalue weighted by atomic mass is 10.1. The summed E-state index contributed by atoms with van der Waals surface area (Å²) in [5, 5.41) is 0. The molecule has 2 atom stereocenters. The Hall–Kier alpha value is -1.14. The van der Waals surface area contributed by atoms with Gasteiger partial charge in [0, 0.05) is 17.4 Å². The van der Waals surface area contributed by atoms with Gasteiger partial charge in [-0.15, -0.1) is 0 Å². The molecular formula is C13H14F2O3S. The van der Waals surface area contributed by atoms with E-state index in [0.717, 1.165) is 31.0 Å². The summed E-state index contributed by atoms with van der Waals surface area (Å²) in [6, 6.07) is 2.67. The highest BCUT2D eigenvalue weighted by atomic mass is 32.2. The van der Waals surface area contributed by atoms with Crippen molar-refractivity contribution in [2.24, 2.45) is 0 Å². The first-order chi connectivity index (χ1) is 9.06. The molecule has 1 aromatic carbocycles. The maximum Gasteiger partial charge on any atom is 0.178 e. The lowest BCUT2D eigenvalue weighted by molar-refractivity contribution is 0.101. The molecule has 1 aromatic rings. The number of halogens is 2. The Kier molecular flexibility index (Phi) is 4.76. The molecule has 0 bridgehead atoms. The molecule has 2 unspecified atom stereocenters. The number of carbonyl (C=O) groups is 1. The van der Waals surface area contributed by atoms with Crippen molar-refractivity contribution < 1.29 is 22.5 Å². The summed E-state index contributed by atoms with van der Waals surface area (Å²) >= 11 is 0. The molecule has 1 saturated heterocycles. The third-order valence-electron chi connectivity index (χ3n) is 2.92. The average molecular weight is 288 g/mol. The number of rotatable bonds is 5. The number of Topliss-reactive ketones (excluding diaryl/α,β-unsaturated/α-hetero) is 1. The molecule has 0 N–H and O–H groups in total. The Bertz CT molecular complexity index is 499. The summed E-state index contributed by atoms with van der Waals surface area (Å²) in [6.07, 6.45) is 1.66. The first kappa shape index (κ1) is 14.3. The molecule has 1 fully saturated rings. The largest absolute Gasteiger partial charge is 0.377 e. The van der Waals surface area contributed by atoms with E-state index in [4.69, 9.17) is 4.74 Å². The molecule has 0 spiro atoms. The van der Waals surface area contributed by atoms with E-state index >= 15 is 0 Å². The molecule has 6 heteroatoms. The highest BCUT2D eigenvalue weighted by Gasteiger charge is 2.21. The van der Waals surface area contributed by atoms with Gasteiger partial charge in [-0.25, -0.2) is 8.78 Å². The third-order valence-corrected chi connectivity index (χ3v) is 4.24. The van der Waals surface area contributed by atoms with Crippen LogP contribution in [0.2, 0.25) is 0 Å². The number of hydrogen-bond acceptors (Lipinski definition) is 3. The maximum atomic E-state index is 13.4. The summed E-state index contributed by atoms with van der Waals surface area (Å²) in [5.74, 6) is -2.16. The van der Waals surface area contributed by atoms with Crippen LogP contribution in [0.3, 0.4) is 0 Å². The second-order valence-electron chi connectivity index (χ2n) is 4.43. The molecule has 19 heavy (non-hydrogen) atoms. The quantitative estimate of drug-likeness (QED) is 0.779. The average Bonchev–Trinajstić information content (AvgIpc) is 2.84. The van der Waals surface area contributed by atoms with Gasteiger partial charge >= 0.3 is 0 Å². The van der Waals surface area contributed by atoms with Crippen molar-refractivity contribution in [1.82, 2.24) is 0 Å². The molecule has 0 radical (unpaired) electrons. The Morgan fingerprint density at radius 1 is 1.42 bits per heavy atom. The number of hydrogen-bond donors (Lipinski definition) is 0. The summed E-state index contributed by atoms with van der Waals surface area (Å²) in [5.41, 5.74) is -0.347. The van der Waals surface area contributed by atoms with Crippen molar-refractivity contribution in [3.05, 3.63) is 35.4 Å². The molecule has 2 rings (SSSR count). The standard InChI is InChI=1S/C13H14F2O3S/c14-9-3-4-12(15)11(6-9)13(16)8-19(17)7-10-2-1-5-18-10/h3-4,6,10H,1-2,5,7-8H2. The van der Waals surface area contributed by atoms with Gasteiger partial charge in [0.05, 0.1) is 23.2 Å². The highest BCUT2D eigenvalue weighted by molar-refractivity contribution is 7.85. The second-order valence-corrected chi connectivity index (χ2v) is 5.93. The van der Waals surface area contributed by atoms with Crippen LogP contribution in [0.1, 0.15) is 23.2 Å². The van der Waals surface area contributed by atoms with E-state index in [0.29, 0.717) is 6.61 Å². The molecule has 1 aliphatic rings. The van der Waals surface area contributed by atoms with Crippen LogP contribution in [0.15, 0.2) is 18.2 Å². The molecule has 0 amide bonds. The number of ether oxygens (including phenoxy) is 1. The lowest BCUT2D eigenvalue weighted by Gasteiger charge is -2.08. The smallest absolute Gasteiger partial charge is 0.178 e. The molecule has 0 saturated carbocycles. The minimum atomic E-state index is -1.42. The van der Waals surface area contributed by atoms with E-state index in [9.17, 15) is 17.8 Å². The van der Waals surface area contributed by atoms with Crippen molar-refractivity contribution in [1.29, 1.82) is 0 Å². The Morgan fingerprint density at radius 2 is 2.21 bits per heavy atom. The minimum Gasteiger partial charge on any atom is -0.377 e. The van der Waals surface area contributed by atoms with Crippen LogP contribution in [0.5, 0.6) is 0 Å². The highest BCUT2D eigenvalue weighted by Crippen LogP contribution is 2.15. The zero-order valence-electron chi connectivity index (χ0n) is 10.2. The Labute approximate surface area is 112 Å². The molecule has 3 nitrogen and oxygen atoms in total. The van der Waals surface area contributed by atoms with E-state index in [1.165, 1.54) is 0 Å². The van der Waals surface area contributed by atoms with Crippen molar-refractivity contribution in [2.45, 2.75) is 18.9 Å². The van der Waals surface area contributed by atoms with Crippen molar-refractivity contribution in [3.63, 3.8) is 0 Å². The van der Waals surface area contributed by atoms with Gasteiger partial charge in [0.2, 0.25) is 0 Å². The van der Waals surface area contributed by atoms with E-state index in [2.05, 4.69) is 0 Å². The number of benzene rings is 1. The maximum absolute atomic E-state index is 13.4. The predicted octanol–water partition coefficient (Wildman–Crippen LogP) is 2.08. The van der Waals surface area contributed by atoms with Crippen molar-refractivity contribution in [2.75, 3.05) is 18.1 Å². The van der Waals surface area contributed by atoms with Gasteiger partial charge in [-0.3, -0.25) is 9.00 Å². The third kappa shape index (κ3) is 3.91. The Morgan fingerprint density at radius 3 is 2.89 bits per heavy atom. The fourth-order valence-electron chi connectivity index (χ4n) is 1.98. The molecule has 0 aromatic heterocycles. The van der Waals surface area contributed by atoms with E-state index < -0.39 is 28.2 Å². The van der Waals surface area contributed by atoms with Crippen LogP contribution >= 0.6 is 0 Å². The van der Waals surface area contributed by atoms with Crippen LogP contribution in [0.4, 0.5) is 8.78 Å². The van der Waals surface area contributed by atoms with Gasteiger partial charge in [0.15, 0.2) is 5.78 Å². The zero-order valence-corrected chi connectivity index (χ0v) is 11.1. The number of carbonyl (C=O) groups excluding carboxylic acids is 1. The topological polar surface area (TPSA) is 43.4 Å². The zero-order chi connectivity index (χ0) is 13.8. The monoisotopic (exact) mass is 288 g/mol. The number of ketones is 1. The van der Waals surface area contributed by atoms with Gasteiger partial charge < -0.3 is 4.74 Å². The molecule has 1 aliphatic heterocycles. The fraction of sp³-hybridized carbons (Fsp3) is 0.462. The summed E-state index contributed by atoms with van der Waals surface area (Å²) in [6.45, 7) is 0.647. The van der Waals surface area contributed by atoms with Crippen LogP contribution in [-0.2, 0) is 15.5 Å².